The van der Waals surface area contributed by atoms with Crippen LogP contribution in [0.5, 0.6) is 5.88 Å². The average molecular weight is 209 g/mol. The molecule has 0 spiro atoms. The van der Waals surface area contributed by atoms with Gasteiger partial charge in [-0.15, -0.1) is 3.89 Å². The first kappa shape index (κ1) is 9.85. The molecule has 1 aromatic rings. The summed E-state index contributed by atoms with van der Waals surface area (Å²) in [5.41, 5.74) is 0. The molecule has 0 radical (unpaired) electrons. The summed E-state index contributed by atoms with van der Waals surface area (Å²) in [6.45, 7) is 0. The molecule has 4 nitrogen and oxygen atoms in total. The van der Waals surface area contributed by atoms with E-state index in [1.165, 1.54) is 0 Å². The second kappa shape index (κ2) is 3.25. The Balaban J connectivity index is 3.33. The van der Waals surface area contributed by atoms with E-state index in [1.807, 2.05) is 0 Å². The summed E-state index contributed by atoms with van der Waals surface area (Å²) in [7, 11) is -3.75. The number of aromatic nitrogens is 1. The number of ether oxygens (including phenoxy) is 1. The maximum atomic E-state index is 12.5. The summed E-state index contributed by atoms with van der Waals surface area (Å²) in [5, 5.41) is 0. The lowest BCUT2D eigenvalue weighted by molar-refractivity contribution is 0.384. The molecule has 0 atom stereocenters. The van der Waals surface area contributed by atoms with Gasteiger partial charge >= 0.3 is 10.2 Å². The topological polar surface area (TPSA) is 56.3 Å². The van der Waals surface area contributed by atoms with E-state index in [0.29, 0.717) is 6.07 Å². The second-order valence-corrected chi connectivity index (χ2v) is 3.45. The van der Waals surface area contributed by atoms with Gasteiger partial charge in [0.2, 0.25) is 11.8 Å². The number of hydrogen-bond donors (Lipinski definition) is 0. The molecule has 0 bridgehead atoms. The fraction of sp³-hybridized carbons (Fsp3) is 0.167. The Morgan fingerprint density at radius 2 is 2.08 bits per heavy atom. The van der Waals surface area contributed by atoms with Crippen LogP contribution < -0.4 is 4.74 Å². The lowest BCUT2D eigenvalue weighted by Crippen LogP contribution is -1.97. The average Bonchev–Trinajstić information content (AvgIpc) is 2.01. The minimum absolute atomic E-state index is 0.295. The minimum atomic E-state index is -4.92. The van der Waals surface area contributed by atoms with Gasteiger partial charge in [-0.3, -0.25) is 0 Å². The van der Waals surface area contributed by atoms with Crippen LogP contribution in [-0.4, -0.2) is 20.5 Å². The Morgan fingerprint density at radius 3 is 2.54 bits per heavy atom. The highest BCUT2D eigenvalue weighted by Crippen LogP contribution is 2.17. The van der Waals surface area contributed by atoms with Gasteiger partial charge in [-0.1, -0.05) is 0 Å². The molecule has 0 aromatic carbocycles. The zero-order chi connectivity index (χ0) is 10.1. The standard InChI is InChI=1S/C6H5F2NO3S/c1-12-6-3-4(13(8,10)11)2-5(7)9-6/h2-3H,1H3. The first-order valence-electron chi connectivity index (χ1n) is 3.10. The molecule has 0 saturated carbocycles. The van der Waals surface area contributed by atoms with Crippen LogP contribution in [0.1, 0.15) is 0 Å². The van der Waals surface area contributed by atoms with Crippen LogP contribution >= 0.6 is 0 Å². The van der Waals surface area contributed by atoms with Crippen LogP contribution in [0, 0.1) is 5.95 Å². The summed E-state index contributed by atoms with van der Waals surface area (Å²) in [6.07, 6.45) is 0. The zero-order valence-electron chi connectivity index (χ0n) is 6.49. The van der Waals surface area contributed by atoms with Crippen LogP contribution in [0.25, 0.3) is 0 Å². The highest BCUT2D eigenvalue weighted by atomic mass is 32.3. The Labute approximate surface area is 73.4 Å². The molecule has 0 N–H and O–H groups in total. The van der Waals surface area contributed by atoms with Crippen LogP contribution in [-0.2, 0) is 10.2 Å². The first-order valence-corrected chi connectivity index (χ1v) is 4.48. The Bertz CT molecular complexity index is 418. The Hall–Kier alpha value is -1.24. The van der Waals surface area contributed by atoms with Gasteiger partial charge in [-0.2, -0.15) is 17.8 Å². The quantitative estimate of drug-likeness (QED) is 0.536. The van der Waals surface area contributed by atoms with Crippen molar-refractivity contribution in [2.45, 2.75) is 4.90 Å². The van der Waals surface area contributed by atoms with Gasteiger partial charge in [0.1, 0.15) is 4.90 Å². The maximum Gasteiger partial charge on any atom is 0.332 e. The van der Waals surface area contributed by atoms with E-state index >= 15 is 0 Å². The van der Waals surface area contributed by atoms with Crippen LogP contribution in [0.2, 0.25) is 0 Å². The van der Waals surface area contributed by atoms with Gasteiger partial charge in [0.05, 0.1) is 7.11 Å². The predicted octanol–water partition coefficient (Wildman–Crippen LogP) is 0.887. The van der Waals surface area contributed by atoms with Gasteiger partial charge in [0.15, 0.2) is 0 Å². The first-order chi connectivity index (χ1) is 5.93. The summed E-state index contributed by atoms with van der Waals surface area (Å²) < 4.78 is 50.0. The van der Waals surface area contributed by atoms with Crippen LogP contribution in [0.15, 0.2) is 17.0 Å². The summed E-state index contributed by atoms with van der Waals surface area (Å²) in [4.78, 5) is 2.34. The number of pyridine rings is 1. The summed E-state index contributed by atoms with van der Waals surface area (Å²) in [5.74, 6) is -1.41. The Kier molecular flexibility index (Phi) is 2.46. The molecule has 0 aliphatic heterocycles. The second-order valence-electron chi connectivity index (χ2n) is 2.11. The monoisotopic (exact) mass is 209 g/mol. The predicted molar refractivity (Wildman–Crippen MR) is 39.0 cm³/mol. The van der Waals surface area contributed by atoms with E-state index < -0.39 is 21.1 Å². The Morgan fingerprint density at radius 1 is 1.46 bits per heavy atom. The van der Waals surface area contributed by atoms with E-state index in [-0.39, 0.29) is 5.88 Å². The van der Waals surface area contributed by atoms with Gasteiger partial charge in [0, 0.05) is 12.1 Å². The summed E-state index contributed by atoms with van der Waals surface area (Å²) >= 11 is 0. The van der Waals surface area contributed by atoms with Crippen molar-refractivity contribution in [2.75, 3.05) is 7.11 Å². The molecule has 7 heteroatoms. The fourth-order valence-electron chi connectivity index (χ4n) is 0.696. The van der Waals surface area contributed by atoms with Gasteiger partial charge in [0.25, 0.3) is 0 Å². The van der Waals surface area contributed by atoms with Gasteiger partial charge < -0.3 is 4.74 Å². The van der Waals surface area contributed by atoms with Crippen molar-refractivity contribution >= 4 is 10.2 Å². The third kappa shape index (κ3) is 2.35. The number of rotatable bonds is 2. The number of hydrogen-bond acceptors (Lipinski definition) is 4. The third-order valence-electron chi connectivity index (χ3n) is 1.23. The highest BCUT2D eigenvalue weighted by molar-refractivity contribution is 7.86. The molecule has 1 rings (SSSR count). The zero-order valence-corrected chi connectivity index (χ0v) is 7.31. The normalized spacial score (nSPS) is 11.3. The van der Waals surface area contributed by atoms with Crippen molar-refractivity contribution in [3.05, 3.63) is 18.1 Å². The molecule has 0 aliphatic carbocycles. The lowest BCUT2D eigenvalue weighted by Gasteiger charge is -1.99. The van der Waals surface area contributed by atoms with Crippen LogP contribution in [0.4, 0.5) is 8.28 Å². The molecule has 72 valence electrons. The molecule has 1 heterocycles. The number of nitrogens with zero attached hydrogens (tertiary/aromatic N) is 1. The van der Waals surface area contributed by atoms with Gasteiger partial charge in [-0.05, 0) is 0 Å². The summed E-state index contributed by atoms with van der Waals surface area (Å²) in [6, 6.07) is 1.26. The molecule has 1 aromatic heterocycles. The molecule has 0 aliphatic rings. The van der Waals surface area contributed by atoms with Crippen LogP contribution in [0.3, 0.4) is 0 Å². The molecule has 0 saturated heterocycles. The van der Waals surface area contributed by atoms with Crippen molar-refractivity contribution < 1.29 is 21.4 Å². The largest absolute Gasteiger partial charge is 0.481 e. The van der Waals surface area contributed by atoms with E-state index in [1.54, 1.807) is 0 Å². The van der Waals surface area contributed by atoms with Gasteiger partial charge in [-0.25, -0.2) is 0 Å². The number of methoxy groups -OCH3 is 1. The van der Waals surface area contributed by atoms with Crippen molar-refractivity contribution in [1.29, 1.82) is 0 Å². The van der Waals surface area contributed by atoms with Crippen molar-refractivity contribution in [3.8, 4) is 5.88 Å². The fourth-order valence-corrected chi connectivity index (χ4v) is 1.18. The maximum absolute atomic E-state index is 12.5. The van der Waals surface area contributed by atoms with E-state index in [9.17, 15) is 16.7 Å². The minimum Gasteiger partial charge on any atom is -0.481 e. The van der Waals surface area contributed by atoms with Crippen molar-refractivity contribution in [2.24, 2.45) is 0 Å². The highest BCUT2D eigenvalue weighted by Gasteiger charge is 2.15. The lowest BCUT2D eigenvalue weighted by atomic mass is 10.5. The smallest absolute Gasteiger partial charge is 0.332 e. The van der Waals surface area contributed by atoms with Crippen molar-refractivity contribution in [3.63, 3.8) is 0 Å². The molecule has 0 amide bonds. The number of halogens is 2. The SMILES string of the molecule is COc1cc(S(=O)(=O)F)cc(F)n1. The van der Waals surface area contributed by atoms with E-state index in [4.69, 9.17) is 0 Å². The van der Waals surface area contributed by atoms with Crippen molar-refractivity contribution in [1.82, 2.24) is 4.98 Å². The molecular weight excluding hydrogens is 204 g/mol. The molecule has 13 heavy (non-hydrogen) atoms. The van der Waals surface area contributed by atoms with E-state index in [2.05, 4.69) is 9.72 Å². The third-order valence-corrected chi connectivity index (χ3v) is 2.03. The molecule has 0 fully saturated rings. The van der Waals surface area contributed by atoms with E-state index in [0.717, 1.165) is 13.2 Å². The molecule has 0 unspecified atom stereocenters. The molecular formula is C6H5F2NO3S.